The summed E-state index contributed by atoms with van der Waals surface area (Å²) in [6, 6.07) is 9.69. The van der Waals surface area contributed by atoms with Crippen LogP contribution >= 0.6 is 0 Å². The van der Waals surface area contributed by atoms with E-state index in [9.17, 15) is 0 Å². The standard InChI is InChI=1S/C20H24N4/c1-15-4-3-8-24(15)9-7-19-11-17-10-16(5-6-20(17)23(19)2)18-12-21-14-22-13-18/h5-6,10-15H,3-4,7-9H2,1-2H3/t15-/m1/s1. The van der Waals surface area contributed by atoms with Crippen LogP contribution in [0.2, 0.25) is 0 Å². The minimum absolute atomic E-state index is 0.740. The molecule has 1 saturated heterocycles. The average Bonchev–Trinajstić information content (AvgIpc) is 3.17. The van der Waals surface area contributed by atoms with Crippen LogP contribution in [-0.2, 0) is 13.5 Å². The van der Waals surface area contributed by atoms with E-state index in [1.807, 2.05) is 12.4 Å². The Balaban J connectivity index is 1.60. The average molecular weight is 320 g/mol. The molecule has 1 aromatic carbocycles. The molecule has 1 aliphatic heterocycles. The van der Waals surface area contributed by atoms with Crippen LogP contribution in [-0.4, -0.2) is 38.6 Å². The van der Waals surface area contributed by atoms with E-state index in [0.29, 0.717) is 0 Å². The lowest BCUT2D eigenvalue weighted by molar-refractivity contribution is 0.271. The minimum atomic E-state index is 0.740. The van der Waals surface area contributed by atoms with E-state index in [4.69, 9.17) is 0 Å². The van der Waals surface area contributed by atoms with Crippen molar-refractivity contribution < 1.29 is 0 Å². The van der Waals surface area contributed by atoms with Crippen molar-refractivity contribution in [2.75, 3.05) is 13.1 Å². The molecule has 0 saturated carbocycles. The predicted octanol–water partition coefficient (Wildman–Crippen LogP) is 3.66. The van der Waals surface area contributed by atoms with Gasteiger partial charge < -0.3 is 9.47 Å². The van der Waals surface area contributed by atoms with Crippen LogP contribution in [0.25, 0.3) is 22.0 Å². The van der Waals surface area contributed by atoms with E-state index in [1.165, 1.54) is 41.5 Å². The largest absolute Gasteiger partial charge is 0.348 e. The summed E-state index contributed by atoms with van der Waals surface area (Å²) in [4.78, 5) is 10.9. The van der Waals surface area contributed by atoms with Crippen molar-refractivity contribution >= 4 is 10.9 Å². The molecule has 4 rings (SSSR count). The lowest BCUT2D eigenvalue weighted by atomic mass is 10.1. The van der Waals surface area contributed by atoms with Gasteiger partial charge in [-0.15, -0.1) is 0 Å². The predicted molar refractivity (Wildman–Crippen MR) is 97.9 cm³/mol. The first kappa shape index (κ1) is 15.3. The van der Waals surface area contributed by atoms with Crippen LogP contribution in [0, 0.1) is 0 Å². The summed E-state index contributed by atoms with van der Waals surface area (Å²) < 4.78 is 2.33. The van der Waals surface area contributed by atoms with Gasteiger partial charge in [0, 0.05) is 60.6 Å². The summed E-state index contributed by atoms with van der Waals surface area (Å²) in [7, 11) is 2.18. The van der Waals surface area contributed by atoms with Gasteiger partial charge in [0.05, 0.1) is 0 Å². The van der Waals surface area contributed by atoms with Crippen LogP contribution in [0.1, 0.15) is 25.5 Å². The van der Waals surface area contributed by atoms with E-state index in [1.54, 1.807) is 6.33 Å². The van der Waals surface area contributed by atoms with Gasteiger partial charge in [-0.05, 0) is 50.1 Å². The molecule has 1 aliphatic rings. The molecule has 4 heteroatoms. The van der Waals surface area contributed by atoms with E-state index >= 15 is 0 Å². The number of nitrogens with zero attached hydrogens (tertiary/aromatic N) is 4. The lowest BCUT2D eigenvalue weighted by Crippen LogP contribution is -2.29. The first-order chi connectivity index (χ1) is 11.7. The first-order valence-electron chi connectivity index (χ1n) is 8.80. The molecule has 0 amide bonds. The number of benzene rings is 1. The molecular formula is C20H24N4. The highest BCUT2D eigenvalue weighted by Crippen LogP contribution is 2.26. The van der Waals surface area contributed by atoms with Gasteiger partial charge in [0.2, 0.25) is 0 Å². The Morgan fingerprint density at radius 1 is 1.12 bits per heavy atom. The second-order valence-electron chi connectivity index (χ2n) is 6.87. The van der Waals surface area contributed by atoms with E-state index in [2.05, 4.69) is 57.7 Å². The second-order valence-corrected chi connectivity index (χ2v) is 6.87. The molecule has 0 aliphatic carbocycles. The smallest absolute Gasteiger partial charge is 0.115 e. The number of rotatable bonds is 4. The van der Waals surface area contributed by atoms with Gasteiger partial charge in [0.15, 0.2) is 0 Å². The van der Waals surface area contributed by atoms with Gasteiger partial charge in [-0.3, -0.25) is 0 Å². The first-order valence-corrected chi connectivity index (χ1v) is 8.80. The van der Waals surface area contributed by atoms with Crippen molar-refractivity contribution in [3.63, 3.8) is 0 Å². The lowest BCUT2D eigenvalue weighted by Gasteiger charge is -2.20. The molecule has 0 radical (unpaired) electrons. The highest BCUT2D eigenvalue weighted by molar-refractivity contribution is 5.86. The highest BCUT2D eigenvalue weighted by atomic mass is 15.2. The molecule has 1 atom stereocenters. The third kappa shape index (κ3) is 2.82. The minimum Gasteiger partial charge on any atom is -0.348 e. The zero-order valence-corrected chi connectivity index (χ0v) is 14.4. The summed E-state index contributed by atoms with van der Waals surface area (Å²) in [6.07, 6.45) is 9.11. The van der Waals surface area contributed by atoms with Crippen LogP contribution in [0.3, 0.4) is 0 Å². The Morgan fingerprint density at radius 3 is 2.71 bits per heavy atom. The molecule has 24 heavy (non-hydrogen) atoms. The van der Waals surface area contributed by atoms with E-state index < -0.39 is 0 Å². The van der Waals surface area contributed by atoms with Crippen molar-refractivity contribution in [2.24, 2.45) is 7.05 Å². The summed E-state index contributed by atoms with van der Waals surface area (Å²) in [5.41, 5.74) is 4.94. The summed E-state index contributed by atoms with van der Waals surface area (Å²) in [5, 5.41) is 1.29. The van der Waals surface area contributed by atoms with Gasteiger partial charge in [-0.1, -0.05) is 6.07 Å². The van der Waals surface area contributed by atoms with Gasteiger partial charge in [0.1, 0.15) is 6.33 Å². The monoisotopic (exact) mass is 320 g/mol. The van der Waals surface area contributed by atoms with Gasteiger partial charge in [-0.25, -0.2) is 9.97 Å². The maximum atomic E-state index is 4.12. The SMILES string of the molecule is C[C@@H]1CCCN1CCc1cc2cc(-c3cncnc3)ccc2n1C. The molecule has 0 spiro atoms. The fourth-order valence-electron chi connectivity index (χ4n) is 3.86. The molecule has 1 fully saturated rings. The number of hydrogen-bond donors (Lipinski definition) is 0. The topological polar surface area (TPSA) is 34.0 Å². The Hall–Kier alpha value is -2.20. The number of fused-ring (bicyclic) bond motifs is 1. The molecule has 2 aromatic heterocycles. The van der Waals surface area contributed by atoms with Crippen LogP contribution < -0.4 is 0 Å². The van der Waals surface area contributed by atoms with Crippen molar-refractivity contribution in [3.05, 3.63) is 48.7 Å². The Bertz CT molecular complexity index is 837. The van der Waals surface area contributed by atoms with Crippen LogP contribution in [0.15, 0.2) is 43.0 Å². The number of aryl methyl sites for hydroxylation is 1. The Kier molecular flexibility index (Phi) is 4.07. The van der Waals surface area contributed by atoms with E-state index in [-0.39, 0.29) is 0 Å². The fourth-order valence-corrected chi connectivity index (χ4v) is 3.86. The molecule has 0 bridgehead atoms. The molecule has 4 nitrogen and oxygen atoms in total. The molecule has 0 N–H and O–H groups in total. The number of hydrogen-bond acceptors (Lipinski definition) is 3. The maximum Gasteiger partial charge on any atom is 0.115 e. The van der Waals surface area contributed by atoms with Crippen molar-refractivity contribution in [1.29, 1.82) is 0 Å². The molecule has 124 valence electrons. The third-order valence-corrected chi connectivity index (χ3v) is 5.38. The highest BCUT2D eigenvalue weighted by Gasteiger charge is 2.20. The number of aromatic nitrogens is 3. The Labute approximate surface area is 143 Å². The second kappa shape index (κ2) is 6.36. The van der Waals surface area contributed by atoms with Crippen molar-refractivity contribution in [2.45, 2.75) is 32.2 Å². The quantitative estimate of drug-likeness (QED) is 0.735. The summed E-state index contributed by atoms with van der Waals surface area (Å²) in [5.74, 6) is 0. The van der Waals surface area contributed by atoms with Crippen molar-refractivity contribution in [1.82, 2.24) is 19.4 Å². The van der Waals surface area contributed by atoms with Crippen LogP contribution in [0.4, 0.5) is 0 Å². The molecular weight excluding hydrogens is 296 g/mol. The number of likely N-dealkylation sites (tertiary alicyclic amines) is 1. The zero-order chi connectivity index (χ0) is 16.5. The summed E-state index contributed by atoms with van der Waals surface area (Å²) in [6.45, 7) is 4.76. The third-order valence-electron chi connectivity index (χ3n) is 5.38. The fraction of sp³-hybridized carbons (Fsp3) is 0.400. The Morgan fingerprint density at radius 2 is 1.96 bits per heavy atom. The zero-order valence-electron chi connectivity index (χ0n) is 14.4. The van der Waals surface area contributed by atoms with Gasteiger partial charge in [-0.2, -0.15) is 0 Å². The molecule has 0 unspecified atom stereocenters. The van der Waals surface area contributed by atoms with E-state index in [0.717, 1.165) is 24.6 Å². The normalized spacial score (nSPS) is 18.5. The van der Waals surface area contributed by atoms with Crippen LogP contribution in [0.5, 0.6) is 0 Å². The molecule has 3 heterocycles. The van der Waals surface area contributed by atoms with Crippen molar-refractivity contribution in [3.8, 4) is 11.1 Å². The van der Waals surface area contributed by atoms with Gasteiger partial charge >= 0.3 is 0 Å². The molecule has 3 aromatic rings. The maximum absolute atomic E-state index is 4.12. The van der Waals surface area contributed by atoms with Gasteiger partial charge in [0.25, 0.3) is 0 Å². The summed E-state index contributed by atoms with van der Waals surface area (Å²) >= 11 is 0.